The van der Waals surface area contributed by atoms with Crippen molar-refractivity contribution in [2.45, 2.75) is 12.8 Å². The first-order valence-corrected chi connectivity index (χ1v) is 8.38. The average molecular weight is 467 g/mol. The topological polar surface area (TPSA) is 62.7 Å². The highest BCUT2D eigenvalue weighted by Gasteiger charge is 2.04. The van der Waals surface area contributed by atoms with E-state index < -0.39 is 0 Å². The van der Waals surface area contributed by atoms with E-state index in [1.165, 1.54) is 12.7 Å². The Hall–Kier alpha value is -2.09. The van der Waals surface area contributed by atoms with E-state index in [4.69, 9.17) is 4.74 Å². The zero-order chi connectivity index (χ0) is 17.9. The van der Waals surface area contributed by atoms with Crippen molar-refractivity contribution >= 4 is 35.9 Å². The van der Waals surface area contributed by atoms with Crippen LogP contribution in [0.4, 0.5) is 0 Å². The number of ether oxygens (including phenoxy) is 1. The summed E-state index contributed by atoms with van der Waals surface area (Å²) < 4.78 is 4.70. The van der Waals surface area contributed by atoms with Crippen molar-refractivity contribution in [1.29, 1.82) is 0 Å². The summed E-state index contributed by atoms with van der Waals surface area (Å²) in [6.07, 6.45) is 1.80. The predicted octanol–water partition coefficient (Wildman–Crippen LogP) is 3.04. The van der Waals surface area contributed by atoms with Gasteiger partial charge < -0.3 is 15.4 Å². The zero-order valence-electron chi connectivity index (χ0n) is 15.2. The molecule has 2 aromatic rings. The van der Waals surface area contributed by atoms with Crippen LogP contribution in [0.1, 0.15) is 21.5 Å². The van der Waals surface area contributed by atoms with Crippen molar-refractivity contribution in [1.82, 2.24) is 10.6 Å². The molecule has 0 amide bonds. The lowest BCUT2D eigenvalue weighted by atomic mass is 10.1. The molecular weight excluding hydrogens is 441 g/mol. The minimum atomic E-state index is -0.312. The summed E-state index contributed by atoms with van der Waals surface area (Å²) in [6.45, 7) is 1.60. The van der Waals surface area contributed by atoms with Crippen molar-refractivity contribution in [2.75, 3.05) is 27.2 Å². The van der Waals surface area contributed by atoms with E-state index in [1.54, 1.807) is 19.2 Å². The Morgan fingerprint density at radius 2 is 1.46 bits per heavy atom. The Morgan fingerprint density at radius 3 is 1.96 bits per heavy atom. The average Bonchev–Trinajstić information content (AvgIpc) is 2.67. The number of hydrogen-bond donors (Lipinski definition) is 2. The van der Waals surface area contributed by atoms with E-state index in [1.807, 2.05) is 30.3 Å². The Labute approximate surface area is 172 Å². The monoisotopic (exact) mass is 467 g/mol. The number of rotatable bonds is 7. The lowest BCUT2D eigenvalue weighted by Gasteiger charge is -2.12. The molecule has 2 rings (SSSR count). The van der Waals surface area contributed by atoms with Crippen LogP contribution in [-0.4, -0.2) is 39.2 Å². The highest BCUT2D eigenvalue weighted by Crippen LogP contribution is 2.06. The molecule has 2 aromatic carbocycles. The maximum atomic E-state index is 11.4. The van der Waals surface area contributed by atoms with Gasteiger partial charge in [-0.05, 0) is 36.1 Å². The molecule has 6 heteroatoms. The van der Waals surface area contributed by atoms with Gasteiger partial charge in [0.1, 0.15) is 0 Å². The van der Waals surface area contributed by atoms with Gasteiger partial charge in [-0.25, -0.2) is 4.79 Å². The first-order valence-electron chi connectivity index (χ1n) is 8.38. The Bertz CT molecular complexity index is 688. The van der Waals surface area contributed by atoms with Crippen molar-refractivity contribution in [3.63, 3.8) is 0 Å². The number of carbonyl (C=O) groups excluding carboxylic acids is 1. The van der Waals surface area contributed by atoms with Gasteiger partial charge in [-0.1, -0.05) is 42.5 Å². The zero-order valence-corrected chi connectivity index (χ0v) is 17.5. The summed E-state index contributed by atoms with van der Waals surface area (Å²) in [6, 6.07) is 17.8. The van der Waals surface area contributed by atoms with Crippen LogP contribution in [-0.2, 0) is 17.6 Å². The Balaban J connectivity index is 0.00000338. The molecule has 0 fully saturated rings. The summed E-state index contributed by atoms with van der Waals surface area (Å²) in [5.74, 6) is 0.481. The van der Waals surface area contributed by atoms with Crippen molar-refractivity contribution in [3.05, 3.63) is 71.3 Å². The second-order valence-corrected chi connectivity index (χ2v) is 5.60. The third kappa shape index (κ3) is 7.43. The maximum Gasteiger partial charge on any atom is 0.337 e. The molecule has 0 aliphatic rings. The van der Waals surface area contributed by atoms with Crippen LogP contribution in [0.25, 0.3) is 0 Å². The molecule has 0 saturated carbocycles. The van der Waals surface area contributed by atoms with Crippen LogP contribution in [0.15, 0.2) is 59.6 Å². The van der Waals surface area contributed by atoms with Gasteiger partial charge in [-0.2, -0.15) is 0 Å². The number of hydrogen-bond acceptors (Lipinski definition) is 3. The molecule has 0 spiro atoms. The number of methoxy groups -OCH3 is 1. The van der Waals surface area contributed by atoms with Gasteiger partial charge in [-0.3, -0.25) is 4.99 Å². The van der Waals surface area contributed by atoms with E-state index in [-0.39, 0.29) is 29.9 Å². The number of benzene rings is 2. The summed E-state index contributed by atoms with van der Waals surface area (Å²) >= 11 is 0. The second-order valence-electron chi connectivity index (χ2n) is 5.60. The molecule has 0 saturated heterocycles. The molecule has 0 heterocycles. The molecule has 5 nitrogen and oxygen atoms in total. The highest BCUT2D eigenvalue weighted by atomic mass is 127. The van der Waals surface area contributed by atoms with Crippen LogP contribution in [0.5, 0.6) is 0 Å². The fourth-order valence-corrected chi connectivity index (χ4v) is 2.44. The van der Waals surface area contributed by atoms with E-state index in [9.17, 15) is 4.79 Å². The van der Waals surface area contributed by atoms with Gasteiger partial charge >= 0.3 is 5.97 Å². The number of guanidine groups is 1. The van der Waals surface area contributed by atoms with Crippen LogP contribution in [0, 0.1) is 0 Å². The van der Waals surface area contributed by atoms with Gasteiger partial charge in [0.05, 0.1) is 12.7 Å². The van der Waals surface area contributed by atoms with Crippen LogP contribution in [0.3, 0.4) is 0 Å². The summed E-state index contributed by atoms with van der Waals surface area (Å²) in [5, 5.41) is 6.61. The van der Waals surface area contributed by atoms with Crippen molar-refractivity contribution in [2.24, 2.45) is 4.99 Å². The third-order valence-corrected chi connectivity index (χ3v) is 3.85. The molecule has 0 aliphatic carbocycles. The first-order chi connectivity index (χ1) is 12.2. The molecule has 0 unspecified atom stereocenters. The largest absolute Gasteiger partial charge is 0.465 e. The van der Waals surface area contributed by atoms with Gasteiger partial charge in [0.15, 0.2) is 5.96 Å². The smallest absolute Gasteiger partial charge is 0.337 e. The molecular formula is C20H26IN3O2. The number of aliphatic imine (C=N–C) groups is 1. The number of nitrogens with zero attached hydrogens (tertiary/aromatic N) is 1. The van der Waals surface area contributed by atoms with Crippen LogP contribution in [0.2, 0.25) is 0 Å². The van der Waals surface area contributed by atoms with E-state index >= 15 is 0 Å². The molecule has 0 atom stereocenters. The fourth-order valence-electron chi connectivity index (χ4n) is 2.44. The van der Waals surface area contributed by atoms with Gasteiger partial charge in [0, 0.05) is 20.1 Å². The molecule has 0 aromatic heterocycles. The third-order valence-electron chi connectivity index (χ3n) is 3.85. The van der Waals surface area contributed by atoms with Gasteiger partial charge in [0.25, 0.3) is 0 Å². The van der Waals surface area contributed by atoms with Gasteiger partial charge in [0.2, 0.25) is 0 Å². The molecule has 2 N–H and O–H groups in total. The minimum absolute atomic E-state index is 0. The van der Waals surface area contributed by atoms with E-state index in [0.29, 0.717) is 5.56 Å². The van der Waals surface area contributed by atoms with Gasteiger partial charge in [-0.15, -0.1) is 24.0 Å². The van der Waals surface area contributed by atoms with Crippen molar-refractivity contribution in [3.8, 4) is 0 Å². The van der Waals surface area contributed by atoms with E-state index in [0.717, 1.165) is 37.5 Å². The normalized spacial score (nSPS) is 10.6. The molecule has 0 bridgehead atoms. The number of esters is 1. The SMILES string of the molecule is CN=C(NCCc1ccccc1)NCCc1ccc(C(=O)OC)cc1.I. The minimum Gasteiger partial charge on any atom is -0.465 e. The molecule has 140 valence electrons. The second kappa shape index (κ2) is 12.3. The predicted molar refractivity (Wildman–Crippen MR) is 116 cm³/mol. The number of carbonyl (C=O) groups is 1. The Kier molecular flexibility index (Phi) is 10.4. The first kappa shape index (κ1) is 22.0. The summed E-state index contributed by atoms with van der Waals surface area (Å²) in [7, 11) is 3.15. The van der Waals surface area contributed by atoms with Crippen molar-refractivity contribution < 1.29 is 9.53 Å². The molecule has 0 radical (unpaired) electrons. The lowest BCUT2D eigenvalue weighted by molar-refractivity contribution is 0.0600. The number of nitrogens with one attached hydrogen (secondary N) is 2. The van der Waals surface area contributed by atoms with Crippen LogP contribution >= 0.6 is 24.0 Å². The maximum absolute atomic E-state index is 11.4. The summed E-state index contributed by atoms with van der Waals surface area (Å²) in [4.78, 5) is 15.6. The van der Waals surface area contributed by atoms with Crippen LogP contribution < -0.4 is 10.6 Å². The van der Waals surface area contributed by atoms with E-state index in [2.05, 4.69) is 27.8 Å². The fraction of sp³-hybridized carbons (Fsp3) is 0.300. The standard InChI is InChI=1S/C20H25N3O2.HI/c1-21-20(22-14-12-16-6-4-3-5-7-16)23-15-13-17-8-10-18(11-9-17)19(24)25-2;/h3-11H,12-15H2,1-2H3,(H2,21,22,23);1H. The molecule has 26 heavy (non-hydrogen) atoms. The summed E-state index contributed by atoms with van der Waals surface area (Å²) in [5.41, 5.74) is 3.02. The highest BCUT2D eigenvalue weighted by molar-refractivity contribution is 14.0. The lowest BCUT2D eigenvalue weighted by Crippen LogP contribution is -2.39. The quantitative estimate of drug-likeness (QED) is 0.285. The molecule has 0 aliphatic heterocycles. The number of halogens is 1. The Morgan fingerprint density at radius 1 is 0.923 bits per heavy atom.